The van der Waals surface area contributed by atoms with Gasteiger partial charge < -0.3 is 4.42 Å². The Morgan fingerprint density at radius 3 is 2.81 bits per heavy atom. The van der Waals surface area contributed by atoms with Crippen LogP contribution in [0.15, 0.2) is 57.6 Å². The van der Waals surface area contributed by atoms with Crippen molar-refractivity contribution in [2.75, 3.05) is 0 Å². The van der Waals surface area contributed by atoms with Gasteiger partial charge in [0.05, 0.1) is 12.3 Å². The molecule has 3 rings (SSSR count). The third-order valence-corrected chi connectivity index (χ3v) is 4.37. The van der Waals surface area contributed by atoms with Crippen molar-refractivity contribution in [1.82, 2.24) is 5.43 Å². The third-order valence-electron chi connectivity index (χ3n) is 3.53. The van der Waals surface area contributed by atoms with E-state index in [4.69, 9.17) is 21.9 Å². The van der Waals surface area contributed by atoms with Crippen molar-refractivity contribution in [2.24, 2.45) is 5.84 Å². The molecule has 0 spiro atoms. The van der Waals surface area contributed by atoms with Crippen LogP contribution in [0.5, 0.6) is 0 Å². The van der Waals surface area contributed by atoms with Gasteiger partial charge in [0.2, 0.25) is 0 Å². The van der Waals surface area contributed by atoms with Crippen LogP contribution in [0.25, 0.3) is 11.0 Å². The fourth-order valence-corrected chi connectivity index (χ4v) is 3.18. The Morgan fingerprint density at radius 1 is 1.24 bits per heavy atom. The van der Waals surface area contributed by atoms with Gasteiger partial charge in [-0.3, -0.25) is 11.3 Å². The molecule has 0 aliphatic carbocycles. The Labute approximate surface area is 136 Å². The zero-order chi connectivity index (χ0) is 14.8. The maximum atomic E-state index is 6.29. The van der Waals surface area contributed by atoms with E-state index < -0.39 is 0 Å². The molecule has 3 nitrogen and oxygen atoms in total. The lowest BCUT2D eigenvalue weighted by Crippen LogP contribution is -2.29. The fraction of sp³-hybridized carbons (Fsp3) is 0.125. The summed E-state index contributed by atoms with van der Waals surface area (Å²) in [5.74, 6) is 5.74. The molecule has 0 aliphatic heterocycles. The number of benzene rings is 2. The molecule has 1 heterocycles. The summed E-state index contributed by atoms with van der Waals surface area (Å²) in [6, 6.07) is 13.7. The molecule has 0 aliphatic rings. The highest BCUT2D eigenvalue weighted by molar-refractivity contribution is 9.10. The van der Waals surface area contributed by atoms with Crippen LogP contribution in [-0.2, 0) is 6.42 Å². The summed E-state index contributed by atoms with van der Waals surface area (Å²) < 4.78 is 6.54. The van der Waals surface area contributed by atoms with Gasteiger partial charge in [-0.25, -0.2) is 0 Å². The van der Waals surface area contributed by atoms with E-state index in [1.54, 1.807) is 6.26 Å². The van der Waals surface area contributed by atoms with E-state index in [0.29, 0.717) is 6.42 Å². The SMILES string of the molecule is NNC(Cc1ccc(Br)cc1Cl)c1coc2ccccc12. The molecule has 0 saturated carbocycles. The number of hydrogen-bond acceptors (Lipinski definition) is 3. The molecule has 108 valence electrons. The Morgan fingerprint density at radius 2 is 2.05 bits per heavy atom. The molecule has 2 aromatic carbocycles. The lowest BCUT2D eigenvalue weighted by atomic mass is 9.99. The van der Waals surface area contributed by atoms with Crippen molar-refractivity contribution in [3.63, 3.8) is 0 Å². The standard InChI is InChI=1S/C16H14BrClN2O/c17-11-6-5-10(14(18)8-11)7-15(20-19)13-9-21-16-4-2-1-3-12(13)16/h1-6,8-9,15,20H,7,19H2. The van der Waals surface area contributed by atoms with E-state index in [1.807, 2.05) is 42.5 Å². The summed E-state index contributed by atoms with van der Waals surface area (Å²) in [5.41, 5.74) is 5.78. The minimum atomic E-state index is -0.0627. The number of nitrogens with one attached hydrogen (secondary N) is 1. The van der Waals surface area contributed by atoms with Crippen LogP contribution in [0.2, 0.25) is 5.02 Å². The number of para-hydroxylation sites is 1. The van der Waals surface area contributed by atoms with Crippen molar-refractivity contribution in [1.29, 1.82) is 0 Å². The van der Waals surface area contributed by atoms with Crippen LogP contribution in [-0.4, -0.2) is 0 Å². The van der Waals surface area contributed by atoms with Gasteiger partial charge in [-0.05, 0) is 30.2 Å². The molecule has 1 unspecified atom stereocenters. The highest BCUT2D eigenvalue weighted by atomic mass is 79.9. The van der Waals surface area contributed by atoms with Crippen molar-refractivity contribution in [3.8, 4) is 0 Å². The molecule has 0 bridgehead atoms. The normalized spacial score (nSPS) is 12.7. The summed E-state index contributed by atoms with van der Waals surface area (Å²) in [5, 5.41) is 1.78. The quantitative estimate of drug-likeness (QED) is 0.525. The minimum absolute atomic E-state index is 0.0627. The second-order valence-corrected chi connectivity index (χ2v) is 6.17. The van der Waals surface area contributed by atoms with E-state index in [1.165, 1.54) is 0 Å². The van der Waals surface area contributed by atoms with Crippen molar-refractivity contribution >= 4 is 38.5 Å². The predicted octanol–water partition coefficient (Wildman–Crippen LogP) is 4.60. The van der Waals surface area contributed by atoms with Crippen LogP contribution in [0.1, 0.15) is 17.2 Å². The van der Waals surface area contributed by atoms with E-state index in [-0.39, 0.29) is 6.04 Å². The molecule has 0 saturated heterocycles. The first-order chi connectivity index (χ1) is 10.2. The second kappa shape index (κ2) is 6.20. The highest BCUT2D eigenvalue weighted by Gasteiger charge is 2.17. The lowest BCUT2D eigenvalue weighted by molar-refractivity contribution is 0.537. The first-order valence-corrected chi connectivity index (χ1v) is 7.72. The Hall–Kier alpha value is -1.33. The minimum Gasteiger partial charge on any atom is -0.464 e. The van der Waals surface area contributed by atoms with Gasteiger partial charge >= 0.3 is 0 Å². The van der Waals surface area contributed by atoms with Gasteiger partial charge in [0.15, 0.2) is 0 Å². The molecule has 5 heteroatoms. The average molecular weight is 366 g/mol. The van der Waals surface area contributed by atoms with Gasteiger partial charge in [0.1, 0.15) is 5.58 Å². The molecule has 21 heavy (non-hydrogen) atoms. The zero-order valence-corrected chi connectivity index (χ0v) is 13.5. The van der Waals surface area contributed by atoms with Gasteiger partial charge in [-0.15, -0.1) is 0 Å². The summed E-state index contributed by atoms with van der Waals surface area (Å²) in [6.07, 6.45) is 2.44. The molecule has 1 aromatic heterocycles. The summed E-state index contributed by atoms with van der Waals surface area (Å²) in [4.78, 5) is 0. The van der Waals surface area contributed by atoms with Crippen LogP contribution < -0.4 is 11.3 Å². The number of hydrazine groups is 1. The number of furan rings is 1. The molecule has 1 atom stereocenters. The van der Waals surface area contributed by atoms with Crippen molar-refractivity contribution in [3.05, 3.63) is 69.3 Å². The van der Waals surface area contributed by atoms with E-state index in [0.717, 1.165) is 31.6 Å². The third kappa shape index (κ3) is 2.99. The first-order valence-electron chi connectivity index (χ1n) is 6.55. The van der Waals surface area contributed by atoms with Crippen LogP contribution in [0.4, 0.5) is 0 Å². The average Bonchev–Trinajstić information content (AvgIpc) is 2.91. The maximum Gasteiger partial charge on any atom is 0.134 e. The molecule has 0 radical (unpaired) electrons. The number of hydrogen-bond donors (Lipinski definition) is 2. The number of rotatable bonds is 4. The van der Waals surface area contributed by atoms with Crippen LogP contribution >= 0.6 is 27.5 Å². The lowest BCUT2D eigenvalue weighted by Gasteiger charge is -2.16. The molecule has 3 aromatic rings. The summed E-state index contributed by atoms with van der Waals surface area (Å²) >= 11 is 9.70. The molecule has 0 fully saturated rings. The van der Waals surface area contributed by atoms with Crippen LogP contribution in [0, 0.1) is 0 Å². The molecule has 3 N–H and O–H groups in total. The Bertz CT molecular complexity index is 772. The Balaban J connectivity index is 1.95. The number of fused-ring (bicyclic) bond motifs is 1. The zero-order valence-electron chi connectivity index (χ0n) is 11.1. The van der Waals surface area contributed by atoms with E-state index in [9.17, 15) is 0 Å². The Kier molecular flexibility index (Phi) is 4.31. The van der Waals surface area contributed by atoms with Gasteiger partial charge in [0, 0.05) is 20.4 Å². The maximum absolute atomic E-state index is 6.29. The van der Waals surface area contributed by atoms with Gasteiger partial charge in [-0.2, -0.15) is 0 Å². The summed E-state index contributed by atoms with van der Waals surface area (Å²) in [6.45, 7) is 0. The van der Waals surface area contributed by atoms with Crippen molar-refractivity contribution < 1.29 is 4.42 Å². The molecule has 0 amide bonds. The second-order valence-electron chi connectivity index (χ2n) is 4.85. The van der Waals surface area contributed by atoms with E-state index in [2.05, 4.69) is 21.4 Å². The van der Waals surface area contributed by atoms with Gasteiger partial charge in [-0.1, -0.05) is 51.8 Å². The first kappa shape index (κ1) is 14.6. The highest BCUT2D eigenvalue weighted by Crippen LogP contribution is 2.30. The topological polar surface area (TPSA) is 51.2 Å². The molecular weight excluding hydrogens is 352 g/mol. The largest absolute Gasteiger partial charge is 0.464 e. The van der Waals surface area contributed by atoms with Gasteiger partial charge in [0.25, 0.3) is 0 Å². The number of halogens is 2. The summed E-state index contributed by atoms with van der Waals surface area (Å²) in [7, 11) is 0. The van der Waals surface area contributed by atoms with Crippen molar-refractivity contribution in [2.45, 2.75) is 12.5 Å². The van der Waals surface area contributed by atoms with E-state index >= 15 is 0 Å². The molecular formula is C16H14BrClN2O. The fourth-order valence-electron chi connectivity index (χ4n) is 2.43. The monoisotopic (exact) mass is 364 g/mol. The number of nitrogens with two attached hydrogens (primary N) is 1. The van der Waals surface area contributed by atoms with Crippen LogP contribution in [0.3, 0.4) is 0 Å². The predicted molar refractivity (Wildman–Crippen MR) is 89.1 cm³/mol. The smallest absolute Gasteiger partial charge is 0.134 e.